The summed E-state index contributed by atoms with van der Waals surface area (Å²) in [6.45, 7) is 5.86. The molecule has 1 aromatic carbocycles. The maximum atomic E-state index is 10.5. The fourth-order valence-electron chi connectivity index (χ4n) is 4.98. The normalized spacial score (nSPS) is 31.0. The molecule has 2 N–H and O–H groups in total. The summed E-state index contributed by atoms with van der Waals surface area (Å²) in [5.74, 6) is 1.30. The van der Waals surface area contributed by atoms with Gasteiger partial charge in [0.1, 0.15) is 24.4 Å². The number of benzene rings is 1. The maximum Gasteiger partial charge on any atom is 0.191 e. The number of fused-ring (bicyclic) bond motifs is 2. The van der Waals surface area contributed by atoms with Crippen molar-refractivity contribution in [3.05, 3.63) is 48.0 Å². The van der Waals surface area contributed by atoms with Gasteiger partial charge in [0.25, 0.3) is 0 Å². The molecule has 10 heteroatoms. The number of nitrogens with one attached hydrogen (secondary N) is 1. The minimum atomic E-state index is -0.792. The van der Waals surface area contributed by atoms with E-state index in [0.29, 0.717) is 34.1 Å². The van der Waals surface area contributed by atoms with Crippen molar-refractivity contribution < 1.29 is 14.6 Å². The molecule has 3 aromatic rings. The Kier molecular flexibility index (Phi) is 5.79. The van der Waals surface area contributed by atoms with Crippen molar-refractivity contribution in [2.24, 2.45) is 0 Å². The first-order chi connectivity index (χ1) is 16.9. The Morgan fingerprint density at radius 2 is 1.94 bits per heavy atom. The van der Waals surface area contributed by atoms with Crippen LogP contribution in [0.25, 0.3) is 11.2 Å². The van der Waals surface area contributed by atoms with Crippen LogP contribution in [0, 0.1) is 0 Å². The molecular formula is C25H30N6O3S. The summed E-state index contributed by atoms with van der Waals surface area (Å²) in [6.07, 6.45) is 4.11. The highest BCUT2D eigenvalue weighted by Gasteiger charge is 2.50. The van der Waals surface area contributed by atoms with E-state index in [-0.39, 0.29) is 6.04 Å². The molecule has 3 heterocycles. The molecule has 6 rings (SSSR count). The van der Waals surface area contributed by atoms with Crippen LogP contribution in [0.5, 0.6) is 0 Å². The molecule has 1 saturated carbocycles. The molecule has 9 nitrogen and oxygen atoms in total. The lowest BCUT2D eigenvalue weighted by Crippen LogP contribution is -2.42. The van der Waals surface area contributed by atoms with Gasteiger partial charge in [-0.3, -0.25) is 0 Å². The number of rotatable bonds is 7. The zero-order valence-electron chi connectivity index (χ0n) is 20.0. The Bertz CT molecular complexity index is 1250. The molecule has 1 saturated heterocycles. The van der Waals surface area contributed by atoms with E-state index in [1.165, 1.54) is 5.56 Å². The molecule has 2 fully saturated rings. The van der Waals surface area contributed by atoms with Crippen LogP contribution in [0.15, 0.2) is 47.6 Å². The number of nitrogens with zero attached hydrogens (tertiary/aromatic N) is 5. The lowest BCUT2D eigenvalue weighted by molar-refractivity contribution is -0.153. The van der Waals surface area contributed by atoms with Crippen molar-refractivity contribution in [1.29, 1.82) is 0 Å². The lowest BCUT2D eigenvalue weighted by atomic mass is 9.94. The van der Waals surface area contributed by atoms with E-state index in [1.807, 2.05) is 26.0 Å². The summed E-state index contributed by atoms with van der Waals surface area (Å²) < 4.78 is 14.0. The minimum absolute atomic E-state index is 0.297. The van der Waals surface area contributed by atoms with Crippen molar-refractivity contribution in [2.75, 3.05) is 11.1 Å². The van der Waals surface area contributed by atoms with Gasteiger partial charge in [-0.1, -0.05) is 66.4 Å². The highest BCUT2D eigenvalue weighted by atomic mass is 32.2. The molecule has 0 amide bonds. The number of aliphatic hydroxyl groups is 1. The molecule has 6 atom stereocenters. The summed E-state index contributed by atoms with van der Waals surface area (Å²) in [5, 5.41) is 23.8. The van der Waals surface area contributed by atoms with Gasteiger partial charge in [-0.15, -0.1) is 5.10 Å². The van der Waals surface area contributed by atoms with Gasteiger partial charge < -0.3 is 19.9 Å². The van der Waals surface area contributed by atoms with E-state index in [1.54, 1.807) is 22.5 Å². The van der Waals surface area contributed by atoms with Crippen molar-refractivity contribution in [2.45, 2.75) is 80.9 Å². The topological polar surface area (TPSA) is 107 Å². The Morgan fingerprint density at radius 3 is 2.74 bits per heavy atom. The average Bonchev–Trinajstić information content (AvgIpc) is 3.34. The second-order valence-electron chi connectivity index (χ2n) is 9.84. The van der Waals surface area contributed by atoms with Gasteiger partial charge in [0.15, 0.2) is 27.9 Å². The van der Waals surface area contributed by atoms with Crippen LogP contribution in [0.4, 0.5) is 5.82 Å². The van der Waals surface area contributed by atoms with E-state index >= 15 is 0 Å². The van der Waals surface area contributed by atoms with E-state index in [2.05, 4.69) is 46.8 Å². The van der Waals surface area contributed by atoms with Gasteiger partial charge >= 0.3 is 0 Å². The number of hydrogen-bond donors (Lipinski definition) is 2. The Hall–Kier alpha value is -2.53. The smallest absolute Gasteiger partial charge is 0.191 e. The fourth-order valence-corrected chi connectivity index (χ4v) is 5.67. The van der Waals surface area contributed by atoms with Crippen LogP contribution in [0.2, 0.25) is 0 Å². The second-order valence-corrected chi connectivity index (χ2v) is 10.9. The van der Waals surface area contributed by atoms with Crippen LogP contribution in [0.1, 0.15) is 51.1 Å². The van der Waals surface area contributed by atoms with Crippen molar-refractivity contribution in [3.63, 3.8) is 0 Å². The molecule has 3 aliphatic rings. The molecule has 35 heavy (non-hydrogen) atoms. The summed E-state index contributed by atoms with van der Waals surface area (Å²) in [6, 6.07) is 10.5. The largest absolute Gasteiger partial charge is 0.386 e. The zero-order chi connectivity index (χ0) is 24.2. The van der Waals surface area contributed by atoms with Crippen molar-refractivity contribution in [3.8, 4) is 0 Å². The van der Waals surface area contributed by atoms with E-state index in [0.717, 1.165) is 18.6 Å². The molecule has 2 aromatic heterocycles. The molecule has 0 bridgehead atoms. The Balaban J connectivity index is 1.35. The summed E-state index contributed by atoms with van der Waals surface area (Å²) in [5.41, 5.74) is 2.62. The summed E-state index contributed by atoms with van der Waals surface area (Å²) >= 11 is 1.63. The third kappa shape index (κ3) is 4.33. The number of hydrogen-bond acceptors (Lipinski definition) is 9. The number of ether oxygens (including phenoxy) is 2. The monoisotopic (exact) mass is 494 g/mol. The predicted octanol–water partition coefficient (Wildman–Crippen LogP) is 3.68. The predicted molar refractivity (Wildman–Crippen MR) is 133 cm³/mol. The fraction of sp³-hybridized carbons (Fsp3) is 0.520. The molecule has 0 spiro atoms. The molecule has 2 aliphatic carbocycles. The zero-order valence-corrected chi connectivity index (χ0v) is 20.9. The molecule has 1 aliphatic heterocycles. The van der Waals surface area contributed by atoms with E-state index in [4.69, 9.17) is 19.4 Å². The molecular weight excluding hydrogens is 464 g/mol. The van der Waals surface area contributed by atoms with Gasteiger partial charge in [-0.25, -0.2) is 14.6 Å². The molecule has 184 valence electrons. The highest BCUT2D eigenvalue weighted by Crippen LogP contribution is 2.44. The first-order valence-electron chi connectivity index (χ1n) is 12.2. The van der Waals surface area contributed by atoms with Crippen LogP contribution >= 0.6 is 11.8 Å². The van der Waals surface area contributed by atoms with Gasteiger partial charge in [0.05, 0.1) is 0 Å². The first kappa shape index (κ1) is 22.9. The van der Waals surface area contributed by atoms with Gasteiger partial charge in [0, 0.05) is 17.7 Å². The van der Waals surface area contributed by atoms with Gasteiger partial charge in [0.2, 0.25) is 0 Å². The lowest BCUT2D eigenvalue weighted by Gasteiger charge is -2.29. The third-order valence-electron chi connectivity index (χ3n) is 6.70. The van der Waals surface area contributed by atoms with E-state index in [9.17, 15) is 5.11 Å². The third-order valence-corrected chi connectivity index (χ3v) is 7.76. The number of anilines is 1. The molecule has 0 radical (unpaired) electrons. The average molecular weight is 495 g/mol. The number of thioether (sulfide) groups is 1. The first-order valence-corrected chi connectivity index (χ1v) is 13.2. The molecule has 0 unspecified atom stereocenters. The summed E-state index contributed by atoms with van der Waals surface area (Å²) in [7, 11) is 0. The summed E-state index contributed by atoms with van der Waals surface area (Å²) in [4.78, 5) is 9.66. The minimum Gasteiger partial charge on any atom is -0.386 e. The van der Waals surface area contributed by atoms with Gasteiger partial charge in [-0.2, -0.15) is 0 Å². The van der Waals surface area contributed by atoms with Crippen LogP contribution in [-0.2, 0) is 9.47 Å². The standard InChI is InChI=1S/C25H30N6O3S/c1-4-12-35-24-27-22(26-16-13-15(16)14-8-6-5-7-9-14)19-23(28-24)31(30-29-19)17-10-11-18(32)21-20(17)33-25(2,3)34-21/h5-11,15-18,20-21,32H,4,12-13H2,1-3H3,(H,26,27,28)/t15-,16+,17+,18-,20-,21+/m0/s1. The quantitative estimate of drug-likeness (QED) is 0.289. The number of aliphatic hydroxyl groups excluding tert-OH is 1. The Morgan fingerprint density at radius 1 is 1.14 bits per heavy atom. The van der Waals surface area contributed by atoms with Crippen LogP contribution < -0.4 is 5.32 Å². The Labute approximate surface area is 208 Å². The maximum absolute atomic E-state index is 10.5. The van der Waals surface area contributed by atoms with Crippen molar-refractivity contribution in [1.82, 2.24) is 25.0 Å². The second kappa shape index (κ2) is 8.85. The van der Waals surface area contributed by atoms with Crippen molar-refractivity contribution >= 4 is 28.7 Å². The van der Waals surface area contributed by atoms with Crippen LogP contribution in [0.3, 0.4) is 0 Å². The van der Waals surface area contributed by atoms with E-state index < -0.39 is 24.1 Å². The number of aromatic nitrogens is 5. The highest BCUT2D eigenvalue weighted by molar-refractivity contribution is 7.99. The van der Waals surface area contributed by atoms with Crippen LogP contribution in [-0.4, -0.2) is 66.0 Å². The SMILES string of the molecule is CCCSc1nc(N[C@@H]2C[C@H]2c2ccccc2)c2nnn([C@@H]3C=C[C@H](O)[C@H]4OC(C)(C)O[C@H]43)c2n1. The van der Waals surface area contributed by atoms with Gasteiger partial charge in [-0.05, 0) is 32.3 Å².